The van der Waals surface area contributed by atoms with E-state index in [2.05, 4.69) is 29.1 Å². The average molecular weight is 242 g/mol. The monoisotopic (exact) mass is 241 g/mol. The van der Waals surface area contributed by atoms with Crippen molar-refractivity contribution in [2.45, 2.75) is 39.7 Å². The molecule has 0 fully saturated rings. The lowest BCUT2D eigenvalue weighted by atomic mass is 10.1. The number of carbonyl (C=O) groups is 1. The summed E-state index contributed by atoms with van der Waals surface area (Å²) in [6.07, 6.45) is 2.62. The van der Waals surface area contributed by atoms with Crippen LogP contribution >= 0.6 is 11.6 Å². The van der Waals surface area contributed by atoms with E-state index < -0.39 is 0 Å². The molecule has 0 amide bonds. The molecule has 0 unspecified atom stereocenters. The third kappa shape index (κ3) is 2.92. The first-order valence-electron chi connectivity index (χ1n) is 5.38. The minimum Gasteiger partial charge on any atom is -0.367 e. The molecule has 1 rings (SSSR count). The summed E-state index contributed by atoms with van der Waals surface area (Å²) < 4.78 is 0. The summed E-state index contributed by atoms with van der Waals surface area (Å²) >= 11 is 5.88. The molecule has 1 heterocycles. The molecule has 0 atom stereocenters. The van der Waals surface area contributed by atoms with Crippen molar-refractivity contribution in [3.8, 4) is 0 Å². The van der Waals surface area contributed by atoms with E-state index in [4.69, 9.17) is 11.6 Å². The number of rotatable bonds is 5. The summed E-state index contributed by atoms with van der Waals surface area (Å²) in [4.78, 5) is 19.1. The predicted octanol–water partition coefficient (Wildman–Crippen LogP) is 2.85. The van der Waals surface area contributed by atoms with Crippen molar-refractivity contribution < 1.29 is 4.79 Å². The predicted molar refractivity (Wildman–Crippen MR) is 65.2 cm³/mol. The third-order valence-corrected chi connectivity index (χ3v) is 2.74. The normalized spacial score (nSPS) is 10.6. The maximum atomic E-state index is 10.9. The Morgan fingerprint density at radius 3 is 2.50 bits per heavy atom. The van der Waals surface area contributed by atoms with Crippen LogP contribution in [0.15, 0.2) is 0 Å². The Hall–Kier alpha value is -1.16. The van der Waals surface area contributed by atoms with Gasteiger partial charge in [-0.2, -0.15) is 0 Å². The molecule has 0 aliphatic heterocycles. The van der Waals surface area contributed by atoms with Gasteiger partial charge < -0.3 is 5.32 Å². The van der Waals surface area contributed by atoms with E-state index in [1.807, 2.05) is 0 Å². The van der Waals surface area contributed by atoms with E-state index in [1.54, 1.807) is 6.92 Å². The lowest BCUT2D eigenvalue weighted by Crippen LogP contribution is -2.19. The summed E-state index contributed by atoms with van der Waals surface area (Å²) in [5.41, 5.74) is 0.333. The molecular formula is C11H16ClN3O. The van der Waals surface area contributed by atoms with E-state index in [-0.39, 0.29) is 5.15 Å². The summed E-state index contributed by atoms with van der Waals surface area (Å²) in [6.45, 7) is 5.91. The number of anilines is 1. The summed E-state index contributed by atoms with van der Waals surface area (Å²) in [5, 5.41) is 3.42. The Labute approximate surface area is 100 Å². The number of nitrogens with zero attached hydrogens (tertiary/aromatic N) is 2. The van der Waals surface area contributed by atoms with Gasteiger partial charge in [0.25, 0.3) is 0 Å². The second-order valence-corrected chi connectivity index (χ2v) is 3.96. The molecule has 0 spiro atoms. The zero-order chi connectivity index (χ0) is 12.1. The standard InChI is InChI=1S/C11H16ClN3O/c1-4-8(5-2)15-11-9(6-16)10(12)13-7(3)14-11/h6,8H,4-5H2,1-3H3,(H,13,14,15). The van der Waals surface area contributed by atoms with Crippen LogP contribution in [0.3, 0.4) is 0 Å². The lowest BCUT2D eigenvalue weighted by Gasteiger charge is -2.17. The van der Waals surface area contributed by atoms with Gasteiger partial charge in [-0.25, -0.2) is 9.97 Å². The van der Waals surface area contributed by atoms with Crippen molar-refractivity contribution in [3.63, 3.8) is 0 Å². The highest BCUT2D eigenvalue weighted by Gasteiger charge is 2.13. The van der Waals surface area contributed by atoms with E-state index in [1.165, 1.54) is 0 Å². The summed E-state index contributed by atoms with van der Waals surface area (Å²) in [5.74, 6) is 1.09. The molecule has 0 radical (unpaired) electrons. The molecule has 0 aliphatic carbocycles. The SMILES string of the molecule is CCC(CC)Nc1nc(C)nc(Cl)c1C=O. The number of aldehydes is 1. The van der Waals surface area contributed by atoms with Gasteiger partial charge in [0.1, 0.15) is 16.8 Å². The zero-order valence-electron chi connectivity index (χ0n) is 9.75. The molecule has 1 aromatic heterocycles. The first-order chi connectivity index (χ1) is 7.62. The van der Waals surface area contributed by atoms with Crippen LogP contribution in [0.4, 0.5) is 5.82 Å². The van der Waals surface area contributed by atoms with Gasteiger partial charge in [0.05, 0.1) is 5.56 Å². The lowest BCUT2D eigenvalue weighted by molar-refractivity contribution is 0.112. The summed E-state index contributed by atoms with van der Waals surface area (Å²) in [6, 6.07) is 0.295. The van der Waals surface area contributed by atoms with Crippen LogP contribution in [0.2, 0.25) is 5.15 Å². The van der Waals surface area contributed by atoms with Gasteiger partial charge in [-0.05, 0) is 19.8 Å². The highest BCUT2D eigenvalue weighted by molar-refractivity contribution is 6.32. The molecule has 88 valence electrons. The molecule has 16 heavy (non-hydrogen) atoms. The topological polar surface area (TPSA) is 54.9 Å². The second-order valence-electron chi connectivity index (χ2n) is 3.60. The highest BCUT2D eigenvalue weighted by atomic mass is 35.5. The van der Waals surface area contributed by atoms with Crippen LogP contribution in [0.5, 0.6) is 0 Å². The fourth-order valence-corrected chi connectivity index (χ4v) is 1.70. The van der Waals surface area contributed by atoms with Crippen LogP contribution in [0.1, 0.15) is 42.9 Å². The van der Waals surface area contributed by atoms with Gasteiger partial charge in [0, 0.05) is 6.04 Å². The van der Waals surface area contributed by atoms with Gasteiger partial charge in [-0.1, -0.05) is 25.4 Å². The van der Waals surface area contributed by atoms with Crippen LogP contribution in [0.25, 0.3) is 0 Å². The molecule has 0 aliphatic rings. The van der Waals surface area contributed by atoms with Gasteiger partial charge >= 0.3 is 0 Å². The molecule has 0 aromatic carbocycles. The van der Waals surface area contributed by atoms with Crippen molar-refractivity contribution in [2.75, 3.05) is 5.32 Å². The van der Waals surface area contributed by atoms with Crippen molar-refractivity contribution in [1.29, 1.82) is 0 Å². The maximum Gasteiger partial charge on any atom is 0.156 e. The molecule has 4 nitrogen and oxygen atoms in total. The molecule has 1 aromatic rings. The molecule has 0 saturated heterocycles. The Balaban J connectivity index is 3.06. The van der Waals surface area contributed by atoms with Crippen LogP contribution in [-0.2, 0) is 0 Å². The zero-order valence-corrected chi connectivity index (χ0v) is 10.5. The van der Waals surface area contributed by atoms with Gasteiger partial charge in [0.15, 0.2) is 6.29 Å². The number of halogens is 1. The molecule has 0 bridgehead atoms. The number of aromatic nitrogens is 2. The molecule has 1 N–H and O–H groups in total. The summed E-state index contributed by atoms with van der Waals surface area (Å²) in [7, 11) is 0. The van der Waals surface area contributed by atoms with Crippen LogP contribution < -0.4 is 5.32 Å². The van der Waals surface area contributed by atoms with Gasteiger partial charge in [0.2, 0.25) is 0 Å². The second kappa shape index (κ2) is 5.80. The van der Waals surface area contributed by atoms with E-state index in [0.29, 0.717) is 29.5 Å². The van der Waals surface area contributed by atoms with Crippen LogP contribution in [-0.4, -0.2) is 22.3 Å². The first kappa shape index (κ1) is 12.9. The largest absolute Gasteiger partial charge is 0.367 e. The van der Waals surface area contributed by atoms with Crippen molar-refractivity contribution in [1.82, 2.24) is 9.97 Å². The smallest absolute Gasteiger partial charge is 0.156 e. The van der Waals surface area contributed by atoms with E-state index in [0.717, 1.165) is 12.8 Å². The Bertz CT molecular complexity index is 378. The van der Waals surface area contributed by atoms with E-state index in [9.17, 15) is 4.79 Å². The number of aryl methyl sites for hydroxylation is 1. The Morgan fingerprint density at radius 2 is 2.00 bits per heavy atom. The number of carbonyl (C=O) groups excluding carboxylic acids is 1. The first-order valence-corrected chi connectivity index (χ1v) is 5.76. The minimum atomic E-state index is 0.205. The molecular weight excluding hydrogens is 226 g/mol. The average Bonchev–Trinajstić information content (AvgIpc) is 2.25. The fourth-order valence-electron chi connectivity index (χ4n) is 1.45. The Morgan fingerprint density at radius 1 is 1.38 bits per heavy atom. The van der Waals surface area contributed by atoms with Crippen LogP contribution in [0, 0.1) is 6.92 Å². The number of hydrogen-bond acceptors (Lipinski definition) is 4. The number of hydrogen-bond donors (Lipinski definition) is 1. The third-order valence-electron chi connectivity index (χ3n) is 2.46. The van der Waals surface area contributed by atoms with Crippen molar-refractivity contribution in [3.05, 3.63) is 16.5 Å². The van der Waals surface area contributed by atoms with Crippen molar-refractivity contribution in [2.24, 2.45) is 0 Å². The van der Waals surface area contributed by atoms with Gasteiger partial charge in [-0.3, -0.25) is 4.79 Å². The fraction of sp³-hybridized carbons (Fsp3) is 0.545. The number of nitrogens with one attached hydrogen (secondary N) is 1. The molecule has 0 saturated carbocycles. The molecule has 5 heteroatoms. The van der Waals surface area contributed by atoms with Gasteiger partial charge in [-0.15, -0.1) is 0 Å². The quantitative estimate of drug-likeness (QED) is 0.636. The highest BCUT2D eigenvalue weighted by Crippen LogP contribution is 2.20. The maximum absolute atomic E-state index is 10.9. The Kier molecular flexibility index (Phi) is 4.68. The van der Waals surface area contributed by atoms with Crippen molar-refractivity contribution >= 4 is 23.7 Å². The minimum absolute atomic E-state index is 0.205. The van der Waals surface area contributed by atoms with E-state index >= 15 is 0 Å².